The first-order chi connectivity index (χ1) is 8.83. The molecule has 2 aliphatic heterocycles. The minimum absolute atomic E-state index is 0.878. The summed E-state index contributed by atoms with van der Waals surface area (Å²) < 4.78 is 5.37. The summed E-state index contributed by atoms with van der Waals surface area (Å²) in [5.74, 6) is 0. The Bertz CT molecular complexity index is 416. The van der Waals surface area contributed by atoms with Gasteiger partial charge in [-0.3, -0.25) is 4.90 Å². The molecule has 1 saturated heterocycles. The Balaban J connectivity index is 1.59. The molecule has 3 rings (SSSR count). The fourth-order valence-electron chi connectivity index (χ4n) is 2.81. The first-order valence-electron chi connectivity index (χ1n) is 6.76. The molecule has 0 atom stereocenters. The zero-order chi connectivity index (χ0) is 12.4. The minimum atomic E-state index is 0.878. The summed E-state index contributed by atoms with van der Waals surface area (Å²) in [5, 5.41) is 0. The second kappa shape index (κ2) is 5.16. The van der Waals surface area contributed by atoms with E-state index in [1.165, 1.54) is 11.3 Å². The summed E-state index contributed by atoms with van der Waals surface area (Å²) in [5.41, 5.74) is 9.48. The van der Waals surface area contributed by atoms with Gasteiger partial charge in [0, 0.05) is 44.1 Å². The molecule has 0 amide bonds. The van der Waals surface area contributed by atoms with Crippen LogP contribution >= 0.6 is 0 Å². The van der Waals surface area contributed by atoms with Crippen molar-refractivity contribution in [2.45, 2.75) is 6.42 Å². The van der Waals surface area contributed by atoms with Crippen molar-refractivity contribution in [3.63, 3.8) is 0 Å². The van der Waals surface area contributed by atoms with Crippen LogP contribution in [0.15, 0.2) is 18.2 Å². The van der Waals surface area contributed by atoms with Crippen molar-refractivity contribution in [1.29, 1.82) is 0 Å². The van der Waals surface area contributed by atoms with Crippen LogP contribution in [-0.4, -0.2) is 50.8 Å². The number of rotatable bonds is 3. The van der Waals surface area contributed by atoms with Gasteiger partial charge in [-0.15, -0.1) is 0 Å². The summed E-state index contributed by atoms with van der Waals surface area (Å²) in [7, 11) is 0. The van der Waals surface area contributed by atoms with Gasteiger partial charge in [-0.2, -0.15) is 0 Å². The van der Waals surface area contributed by atoms with Gasteiger partial charge >= 0.3 is 0 Å². The highest BCUT2D eigenvalue weighted by Gasteiger charge is 2.20. The number of morpholine rings is 1. The summed E-state index contributed by atoms with van der Waals surface area (Å²) in [6, 6.07) is 6.28. The molecule has 0 radical (unpaired) electrons. The van der Waals surface area contributed by atoms with Crippen molar-refractivity contribution in [2.75, 3.05) is 56.6 Å². The molecule has 4 nitrogen and oxygen atoms in total. The molecular weight excluding hydrogens is 226 g/mol. The fourth-order valence-corrected chi connectivity index (χ4v) is 2.81. The van der Waals surface area contributed by atoms with Crippen LogP contribution < -0.4 is 10.6 Å². The SMILES string of the molecule is Nc1ccc2c(c1)CCN2CCN1CCOCC1. The normalized spacial score (nSPS) is 20.1. The lowest BCUT2D eigenvalue weighted by Crippen LogP contribution is -2.41. The zero-order valence-electron chi connectivity index (χ0n) is 10.8. The maximum atomic E-state index is 5.83. The Kier molecular flexibility index (Phi) is 3.39. The van der Waals surface area contributed by atoms with Gasteiger partial charge in [0.1, 0.15) is 0 Å². The zero-order valence-corrected chi connectivity index (χ0v) is 10.8. The Morgan fingerprint density at radius 2 is 1.94 bits per heavy atom. The fraction of sp³-hybridized carbons (Fsp3) is 0.571. The maximum Gasteiger partial charge on any atom is 0.0594 e. The van der Waals surface area contributed by atoms with E-state index in [9.17, 15) is 0 Å². The third-order valence-corrected chi connectivity index (χ3v) is 3.89. The second-order valence-electron chi connectivity index (χ2n) is 5.08. The largest absolute Gasteiger partial charge is 0.399 e. The van der Waals surface area contributed by atoms with Crippen molar-refractivity contribution < 1.29 is 4.74 Å². The van der Waals surface area contributed by atoms with E-state index in [2.05, 4.69) is 21.9 Å². The molecule has 1 aromatic rings. The van der Waals surface area contributed by atoms with E-state index in [0.29, 0.717) is 0 Å². The Hall–Kier alpha value is -1.26. The lowest BCUT2D eigenvalue weighted by atomic mass is 10.1. The van der Waals surface area contributed by atoms with Crippen LogP contribution in [0.3, 0.4) is 0 Å². The Morgan fingerprint density at radius 1 is 1.11 bits per heavy atom. The van der Waals surface area contributed by atoms with Crippen molar-refractivity contribution in [3.05, 3.63) is 23.8 Å². The van der Waals surface area contributed by atoms with E-state index < -0.39 is 0 Å². The third kappa shape index (κ3) is 2.44. The van der Waals surface area contributed by atoms with Gasteiger partial charge in [0.25, 0.3) is 0 Å². The van der Waals surface area contributed by atoms with Crippen molar-refractivity contribution >= 4 is 11.4 Å². The topological polar surface area (TPSA) is 41.7 Å². The van der Waals surface area contributed by atoms with Gasteiger partial charge < -0.3 is 15.4 Å². The average Bonchev–Trinajstić information content (AvgIpc) is 2.80. The summed E-state index contributed by atoms with van der Waals surface area (Å²) >= 11 is 0. The molecule has 0 saturated carbocycles. The van der Waals surface area contributed by atoms with Crippen molar-refractivity contribution in [2.24, 2.45) is 0 Å². The number of hydrogen-bond donors (Lipinski definition) is 1. The number of nitrogen functional groups attached to an aromatic ring is 1. The van der Waals surface area contributed by atoms with E-state index in [1.54, 1.807) is 0 Å². The minimum Gasteiger partial charge on any atom is -0.399 e. The maximum absolute atomic E-state index is 5.83. The van der Waals surface area contributed by atoms with Crippen LogP contribution in [0, 0.1) is 0 Å². The molecule has 2 N–H and O–H groups in total. The number of anilines is 2. The molecule has 0 aliphatic carbocycles. The molecule has 1 aromatic carbocycles. The molecule has 2 heterocycles. The first-order valence-corrected chi connectivity index (χ1v) is 6.76. The molecular formula is C14H21N3O. The predicted octanol–water partition coefficient (Wildman–Crippen LogP) is 0.964. The van der Waals surface area contributed by atoms with Gasteiger partial charge in [-0.05, 0) is 30.2 Å². The van der Waals surface area contributed by atoms with Crippen LogP contribution in [0.25, 0.3) is 0 Å². The highest BCUT2D eigenvalue weighted by molar-refractivity contribution is 5.62. The van der Waals surface area contributed by atoms with E-state index in [-0.39, 0.29) is 0 Å². The highest BCUT2D eigenvalue weighted by Crippen LogP contribution is 2.29. The van der Waals surface area contributed by atoms with Gasteiger partial charge in [0.05, 0.1) is 13.2 Å². The van der Waals surface area contributed by atoms with Crippen molar-refractivity contribution in [3.8, 4) is 0 Å². The Morgan fingerprint density at radius 3 is 2.78 bits per heavy atom. The average molecular weight is 247 g/mol. The monoisotopic (exact) mass is 247 g/mol. The number of fused-ring (bicyclic) bond motifs is 1. The molecule has 2 aliphatic rings. The van der Waals surface area contributed by atoms with Crippen LogP contribution in [-0.2, 0) is 11.2 Å². The molecule has 4 heteroatoms. The lowest BCUT2D eigenvalue weighted by Gasteiger charge is -2.29. The van der Waals surface area contributed by atoms with Crippen LogP contribution in [0.5, 0.6) is 0 Å². The highest BCUT2D eigenvalue weighted by atomic mass is 16.5. The van der Waals surface area contributed by atoms with Gasteiger partial charge in [-0.25, -0.2) is 0 Å². The summed E-state index contributed by atoms with van der Waals surface area (Å²) in [6.07, 6.45) is 1.13. The quantitative estimate of drug-likeness (QED) is 0.808. The van der Waals surface area contributed by atoms with Gasteiger partial charge in [-0.1, -0.05) is 0 Å². The smallest absolute Gasteiger partial charge is 0.0594 e. The number of nitrogens with two attached hydrogens (primary N) is 1. The van der Waals surface area contributed by atoms with E-state index in [0.717, 1.165) is 58.0 Å². The molecule has 18 heavy (non-hydrogen) atoms. The molecule has 0 bridgehead atoms. The Labute approximate surface area is 108 Å². The van der Waals surface area contributed by atoms with Crippen LogP contribution in [0.4, 0.5) is 11.4 Å². The lowest BCUT2D eigenvalue weighted by molar-refractivity contribution is 0.0392. The molecule has 98 valence electrons. The van der Waals surface area contributed by atoms with Crippen molar-refractivity contribution in [1.82, 2.24) is 4.90 Å². The third-order valence-electron chi connectivity index (χ3n) is 3.89. The number of nitrogens with zero attached hydrogens (tertiary/aromatic N) is 2. The first kappa shape index (κ1) is 11.8. The van der Waals surface area contributed by atoms with E-state index >= 15 is 0 Å². The number of benzene rings is 1. The molecule has 0 aromatic heterocycles. The molecule has 1 fully saturated rings. The predicted molar refractivity (Wildman–Crippen MR) is 74.0 cm³/mol. The molecule has 0 unspecified atom stereocenters. The van der Waals surface area contributed by atoms with Crippen LogP contribution in [0.1, 0.15) is 5.56 Å². The number of hydrogen-bond acceptors (Lipinski definition) is 4. The van der Waals surface area contributed by atoms with Gasteiger partial charge in [0.15, 0.2) is 0 Å². The second-order valence-corrected chi connectivity index (χ2v) is 5.08. The standard InChI is InChI=1S/C14H21N3O/c15-13-1-2-14-12(11-13)3-4-17(14)6-5-16-7-9-18-10-8-16/h1-2,11H,3-10,15H2. The number of ether oxygens (including phenoxy) is 1. The van der Waals surface area contributed by atoms with E-state index in [1.807, 2.05) is 6.07 Å². The van der Waals surface area contributed by atoms with Crippen LogP contribution in [0.2, 0.25) is 0 Å². The van der Waals surface area contributed by atoms with Gasteiger partial charge in [0.2, 0.25) is 0 Å². The van der Waals surface area contributed by atoms with E-state index in [4.69, 9.17) is 10.5 Å². The summed E-state index contributed by atoms with van der Waals surface area (Å²) in [6.45, 7) is 7.28. The summed E-state index contributed by atoms with van der Waals surface area (Å²) in [4.78, 5) is 4.96. The molecule has 0 spiro atoms.